The van der Waals surface area contributed by atoms with E-state index < -0.39 is 0 Å². The van der Waals surface area contributed by atoms with Crippen LogP contribution in [-0.2, 0) is 6.54 Å². The lowest BCUT2D eigenvalue weighted by molar-refractivity contribution is 0.515. The van der Waals surface area contributed by atoms with Crippen LogP contribution in [0.25, 0.3) is 0 Å². The van der Waals surface area contributed by atoms with Gasteiger partial charge in [0.15, 0.2) is 0 Å². The zero-order valence-corrected chi connectivity index (χ0v) is 7.76. The third-order valence-corrected chi connectivity index (χ3v) is 1.91. The molecule has 1 aromatic rings. The van der Waals surface area contributed by atoms with Gasteiger partial charge in [-0.3, -0.25) is 0 Å². The zero-order valence-electron chi connectivity index (χ0n) is 7.76. The van der Waals surface area contributed by atoms with Crippen LogP contribution in [0.15, 0.2) is 6.33 Å². The summed E-state index contributed by atoms with van der Waals surface area (Å²) < 4.78 is 2.21. The van der Waals surface area contributed by atoms with Crippen molar-refractivity contribution in [1.82, 2.24) is 9.55 Å². The summed E-state index contributed by atoms with van der Waals surface area (Å²) in [5.74, 6) is 0.697. The van der Waals surface area contributed by atoms with Crippen molar-refractivity contribution in [3.05, 3.63) is 17.7 Å². The Labute approximate surface area is 68.3 Å². The first kappa shape index (κ1) is 8.31. The largest absolute Gasteiger partial charge is 0.334 e. The molecule has 1 rings (SSSR count). The fourth-order valence-corrected chi connectivity index (χ4v) is 1.12. The monoisotopic (exact) mass is 152 g/mol. The number of hydrogen-bond acceptors (Lipinski definition) is 1. The minimum atomic E-state index is 0.697. The van der Waals surface area contributed by atoms with Crippen molar-refractivity contribution >= 4 is 0 Å². The first-order chi connectivity index (χ1) is 5.11. The van der Waals surface area contributed by atoms with Crippen molar-refractivity contribution in [3.8, 4) is 0 Å². The Balaban J connectivity index is 2.79. The zero-order chi connectivity index (χ0) is 8.43. The van der Waals surface area contributed by atoms with Crippen LogP contribution in [0.3, 0.4) is 0 Å². The van der Waals surface area contributed by atoms with Gasteiger partial charge in [0.1, 0.15) is 0 Å². The Morgan fingerprint density at radius 3 is 2.45 bits per heavy atom. The van der Waals surface area contributed by atoms with Gasteiger partial charge in [0.05, 0.1) is 12.0 Å². The molecule has 0 spiro atoms. The maximum atomic E-state index is 4.23. The minimum Gasteiger partial charge on any atom is -0.334 e. The van der Waals surface area contributed by atoms with Gasteiger partial charge in [-0.1, -0.05) is 13.8 Å². The smallest absolute Gasteiger partial charge is 0.0951 e. The average Bonchev–Trinajstić information content (AvgIpc) is 2.18. The minimum absolute atomic E-state index is 0.697. The van der Waals surface area contributed by atoms with Crippen molar-refractivity contribution < 1.29 is 0 Å². The van der Waals surface area contributed by atoms with E-state index in [0.29, 0.717) is 5.92 Å². The predicted molar refractivity (Wildman–Crippen MR) is 46.5 cm³/mol. The number of hydrogen-bond donors (Lipinski definition) is 0. The van der Waals surface area contributed by atoms with E-state index in [1.807, 2.05) is 13.3 Å². The van der Waals surface area contributed by atoms with Crippen LogP contribution >= 0.6 is 0 Å². The molecule has 0 aromatic carbocycles. The fraction of sp³-hybridized carbons (Fsp3) is 0.667. The number of aryl methyl sites for hydroxylation is 1. The first-order valence-electron chi connectivity index (χ1n) is 4.09. The Morgan fingerprint density at radius 2 is 2.09 bits per heavy atom. The summed E-state index contributed by atoms with van der Waals surface area (Å²) >= 11 is 0. The molecule has 0 atom stereocenters. The summed E-state index contributed by atoms with van der Waals surface area (Å²) in [6.45, 7) is 9.67. The highest BCUT2D eigenvalue weighted by molar-refractivity contribution is 5.08. The molecule has 0 N–H and O–H groups in total. The molecular weight excluding hydrogens is 136 g/mol. The maximum Gasteiger partial charge on any atom is 0.0951 e. The number of rotatable bonds is 2. The highest BCUT2D eigenvalue weighted by atomic mass is 15.0. The van der Waals surface area contributed by atoms with Gasteiger partial charge in [0.25, 0.3) is 0 Å². The van der Waals surface area contributed by atoms with E-state index in [-0.39, 0.29) is 0 Å². The summed E-state index contributed by atoms with van der Waals surface area (Å²) in [6, 6.07) is 0. The van der Waals surface area contributed by atoms with E-state index in [0.717, 1.165) is 12.2 Å². The number of nitrogens with zero attached hydrogens (tertiary/aromatic N) is 2. The Kier molecular flexibility index (Phi) is 2.32. The van der Waals surface area contributed by atoms with E-state index in [9.17, 15) is 0 Å². The predicted octanol–water partition coefficient (Wildman–Crippen LogP) is 2.16. The molecule has 2 nitrogen and oxygen atoms in total. The molecule has 0 aliphatic rings. The molecule has 0 amide bonds. The fourth-order valence-electron chi connectivity index (χ4n) is 1.12. The van der Waals surface area contributed by atoms with Crippen LogP contribution in [0.5, 0.6) is 0 Å². The third kappa shape index (κ3) is 1.82. The van der Waals surface area contributed by atoms with Crippen LogP contribution in [-0.4, -0.2) is 9.55 Å². The second-order valence-corrected chi connectivity index (χ2v) is 3.46. The molecule has 62 valence electrons. The van der Waals surface area contributed by atoms with Gasteiger partial charge < -0.3 is 4.57 Å². The molecule has 0 saturated carbocycles. The lowest BCUT2D eigenvalue weighted by Gasteiger charge is -2.07. The SMILES string of the molecule is Cc1ncn(CC(C)C)c1C. The first-order valence-corrected chi connectivity index (χ1v) is 4.09. The van der Waals surface area contributed by atoms with E-state index in [1.54, 1.807) is 0 Å². The molecule has 2 heteroatoms. The summed E-state index contributed by atoms with van der Waals surface area (Å²) in [5.41, 5.74) is 2.43. The molecule has 0 fully saturated rings. The second-order valence-electron chi connectivity index (χ2n) is 3.46. The Bertz CT molecular complexity index is 236. The van der Waals surface area contributed by atoms with Gasteiger partial charge in [-0.15, -0.1) is 0 Å². The van der Waals surface area contributed by atoms with E-state index in [4.69, 9.17) is 0 Å². The van der Waals surface area contributed by atoms with Crippen molar-refractivity contribution in [2.45, 2.75) is 34.2 Å². The van der Waals surface area contributed by atoms with Crippen LogP contribution in [0.4, 0.5) is 0 Å². The molecule has 0 aliphatic heterocycles. The average molecular weight is 152 g/mol. The maximum absolute atomic E-state index is 4.23. The van der Waals surface area contributed by atoms with E-state index >= 15 is 0 Å². The molecule has 0 bridgehead atoms. The summed E-state index contributed by atoms with van der Waals surface area (Å²) in [7, 11) is 0. The summed E-state index contributed by atoms with van der Waals surface area (Å²) in [4.78, 5) is 4.23. The molecule has 0 radical (unpaired) electrons. The Morgan fingerprint density at radius 1 is 1.45 bits per heavy atom. The quantitative estimate of drug-likeness (QED) is 0.635. The summed E-state index contributed by atoms with van der Waals surface area (Å²) in [6.07, 6.45) is 1.92. The van der Waals surface area contributed by atoms with Gasteiger partial charge >= 0.3 is 0 Å². The lowest BCUT2D eigenvalue weighted by atomic mass is 10.2. The van der Waals surface area contributed by atoms with Gasteiger partial charge in [0, 0.05) is 12.2 Å². The topological polar surface area (TPSA) is 17.8 Å². The molecule has 0 saturated heterocycles. The van der Waals surface area contributed by atoms with Crippen molar-refractivity contribution in [3.63, 3.8) is 0 Å². The van der Waals surface area contributed by atoms with Crippen molar-refractivity contribution in [2.24, 2.45) is 5.92 Å². The van der Waals surface area contributed by atoms with Gasteiger partial charge in [0.2, 0.25) is 0 Å². The van der Waals surface area contributed by atoms with Crippen LogP contribution in [0.2, 0.25) is 0 Å². The standard InChI is InChI=1S/C9H16N2/c1-7(2)5-11-6-10-8(3)9(11)4/h6-7H,5H2,1-4H3. The molecule has 0 unspecified atom stereocenters. The lowest BCUT2D eigenvalue weighted by Crippen LogP contribution is -2.04. The molecule has 0 aliphatic carbocycles. The Hall–Kier alpha value is -0.790. The highest BCUT2D eigenvalue weighted by Crippen LogP contribution is 2.06. The molecular formula is C9H16N2. The van der Waals surface area contributed by atoms with Crippen molar-refractivity contribution in [1.29, 1.82) is 0 Å². The van der Waals surface area contributed by atoms with Crippen LogP contribution < -0.4 is 0 Å². The molecule has 11 heavy (non-hydrogen) atoms. The van der Waals surface area contributed by atoms with Gasteiger partial charge in [-0.2, -0.15) is 0 Å². The van der Waals surface area contributed by atoms with E-state index in [1.165, 1.54) is 5.69 Å². The second kappa shape index (κ2) is 3.07. The highest BCUT2D eigenvalue weighted by Gasteiger charge is 2.02. The van der Waals surface area contributed by atoms with Crippen LogP contribution in [0, 0.1) is 19.8 Å². The molecule has 1 heterocycles. The van der Waals surface area contributed by atoms with Gasteiger partial charge in [-0.05, 0) is 19.8 Å². The number of imidazole rings is 1. The number of aromatic nitrogens is 2. The van der Waals surface area contributed by atoms with E-state index in [2.05, 4.69) is 30.3 Å². The van der Waals surface area contributed by atoms with Crippen molar-refractivity contribution in [2.75, 3.05) is 0 Å². The molecule has 1 aromatic heterocycles. The van der Waals surface area contributed by atoms with Gasteiger partial charge in [-0.25, -0.2) is 4.98 Å². The normalized spacial score (nSPS) is 11.0. The summed E-state index contributed by atoms with van der Waals surface area (Å²) in [5, 5.41) is 0. The van der Waals surface area contributed by atoms with Crippen LogP contribution in [0.1, 0.15) is 25.2 Å². The third-order valence-electron chi connectivity index (χ3n) is 1.91.